The maximum Gasteiger partial charge on any atom is 0.0922 e. The Labute approximate surface area is 131 Å². The molecule has 1 heterocycles. The zero-order valence-corrected chi connectivity index (χ0v) is 13.7. The Balaban J connectivity index is 1.89. The van der Waals surface area contributed by atoms with Crippen LogP contribution in [-0.4, -0.2) is 25.2 Å². The summed E-state index contributed by atoms with van der Waals surface area (Å²) in [5.41, 5.74) is 3.45. The highest BCUT2D eigenvalue weighted by Crippen LogP contribution is 2.20. The number of rotatable bonds is 7. The first-order valence-corrected chi connectivity index (χ1v) is 8.30. The minimum absolute atomic E-state index is 0.222. The van der Waals surface area contributed by atoms with E-state index in [-0.39, 0.29) is 6.04 Å². The van der Waals surface area contributed by atoms with Crippen molar-refractivity contribution in [2.24, 2.45) is 0 Å². The summed E-state index contributed by atoms with van der Waals surface area (Å²) in [5.74, 6) is 0. The van der Waals surface area contributed by atoms with E-state index < -0.39 is 6.10 Å². The van der Waals surface area contributed by atoms with Crippen molar-refractivity contribution in [3.05, 3.63) is 52.2 Å². The van der Waals surface area contributed by atoms with Crippen LogP contribution in [-0.2, 0) is 0 Å². The van der Waals surface area contributed by atoms with Crippen molar-refractivity contribution in [1.29, 1.82) is 0 Å². The number of hydrogen-bond donors (Lipinski definition) is 2. The van der Waals surface area contributed by atoms with E-state index in [0.717, 1.165) is 12.1 Å². The van der Waals surface area contributed by atoms with Gasteiger partial charge in [-0.1, -0.05) is 12.1 Å². The van der Waals surface area contributed by atoms with Gasteiger partial charge in [-0.3, -0.25) is 0 Å². The van der Waals surface area contributed by atoms with Crippen molar-refractivity contribution in [2.75, 3.05) is 25.0 Å². The Morgan fingerprint density at radius 1 is 1.19 bits per heavy atom. The lowest BCUT2D eigenvalue weighted by Crippen LogP contribution is -2.24. The highest BCUT2D eigenvalue weighted by molar-refractivity contribution is 7.07. The molecule has 0 fully saturated rings. The monoisotopic (exact) mass is 304 g/mol. The van der Waals surface area contributed by atoms with Gasteiger partial charge >= 0.3 is 0 Å². The van der Waals surface area contributed by atoms with Crippen molar-refractivity contribution >= 4 is 17.0 Å². The zero-order chi connectivity index (χ0) is 15.2. The first-order chi connectivity index (χ1) is 10.1. The molecule has 21 heavy (non-hydrogen) atoms. The minimum atomic E-state index is -0.441. The molecule has 0 saturated carbocycles. The Morgan fingerprint density at radius 2 is 1.90 bits per heavy atom. The van der Waals surface area contributed by atoms with Crippen molar-refractivity contribution in [2.45, 2.75) is 26.0 Å². The summed E-state index contributed by atoms with van der Waals surface area (Å²) in [5, 5.41) is 17.5. The van der Waals surface area contributed by atoms with Crippen molar-refractivity contribution in [3.63, 3.8) is 0 Å². The molecular weight excluding hydrogens is 280 g/mol. The average molecular weight is 304 g/mol. The smallest absolute Gasteiger partial charge is 0.0922 e. The normalized spacial score (nSPS) is 13.9. The maximum absolute atomic E-state index is 10.1. The number of benzene rings is 1. The summed E-state index contributed by atoms with van der Waals surface area (Å²) in [6.07, 6.45) is -0.441. The molecule has 2 aromatic rings. The Kier molecular flexibility index (Phi) is 5.79. The van der Waals surface area contributed by atoms with Gasteiger partial charge in [0.15, 0.2) is 0 Å². The van der Waals surface area contributed by atoms with Gasteiger partial charge < -0.3 is 15.3 Å². The number of anilines is 1. The van der Waals surface area contributed by atoms with Crippen LogP contribution < -0.4 is 10.2 Å². The van der Waals surface area contributed by atoms with Crippen LogP contribution in [0.4, 0.5) is 5.69 Å². The highest BCUT2D eigenvalue weighted by atomic mass is 32.1. The molecule has 0 amide bonds. The molecule has 0 aliphatic rings. The van der Waals surface area contributed by atoms with Crippen LogP contribution in [0.1, 0.15) is 37.1 Å². The molecule has 0 radical (unpaired) electrons. The average Bonchev–Trinajstić information content (AvgIpc) is 3.06. The summed E-state index contributed by atoms with van der Waals surface area (Å²) < 4.78 is 0. The van der Waals surface area contributed by atoms with Gasteiger partial charge in [-0.2, -0.15) is 11.3 Å². The second-order valence-electron chi connectivity index (χ2n) is 5.31. The molecule has 2 unspecified atom stereocenters. The van der Waals surface area contributed by atoms with E-state index >= 15 is 0 Å². The maximum atomic E-state index is 10.1. The van der Waals surface area contributed by atoms with Crippen molar-refractivity contribution < 1.29 is 5.11 Å². The summed E-state index contributed by atoms with van der Waals surface area (Å²) >= 11 is 1.61. The van der Waals surface area contributed by atoms with Gasteiger partial charge in [0, 0.05) is 31.9 Å². The Bertz CT molecular complexity index is 524. The number of thiophene rings is 1. The molecule has 0 aliphatic heterocycles. The highest BCUT2D eigenvalue weighted by Gasteiger charge is 2.11. The van der Waals surface area contributed by atoms with Gasteiger partial charge in [0.05, 0.1) is 6.10 Å². The molecule has 2 N–H and O–H groups in total. The molecule has 4 heteroatoms. The van der Waals surface area contributed by atoms with E-state index in [0.29, 0.717) is 6.54 Å². The number of nitrogens with one attached hydrogen (secondary N) is 1. The van der Waals surface area contributed by atoms with Crippen LogP contribution >= 0.6 is 11.3 Å². The van der Waals surface area contributed by atoms with Gasteiger partial charge in [-0.05, 0) is 53.9 Å². The van der Waals surface area contributed by atoms with Gasteiger partial charge in [-0.25, -0.2) is 0 Å². The van der Waals surface area contributed by atoms with E-state index in [1.54, 1.807) is 11.3 Å². The summed E-state index contributed by atoms with van der Waals surface area (Å²) in [6, 6.07) is 10.8. The fourth-order valence-electron chi connectivity index (χ4n) is 2.19. The number of nitrogens with zero attached hydrogens (tertiary/aromatic N) is 1. The first kappa shape index (κ1) is 16.0. The van der Waals surface area contributed by atoms with Gasteiger partial charge in [0.1, 0.15) is 0 Å². The lowest BCUT2D eigenvalue weighted by molar-refractivity contribution is 0.171. The predicted molar refractivity (Wildman–Crippen MR) is 91.1 cm³/mol. The molecule has 0 spiro atoms. The van der Waals surface area contributed by atoms with Gasteiger partial charge in [-0.15, -0.1) is 0 Å². The third-order valence-electron chi connectivity index (χ3n) is 3.85. The van der Waals surface area contributed by atoms with Crippen molar-refractivity contribution in [3.8, 4) is 0 Å². The van der Waals surface area contributed by atoms with Crippen LogP contribution in [0.3, 0.4) is 0 Å². The molecule has 3 nitrogen and oxygen atoms in total. The third-order valence-corrected chi connectivity index (χ3v) is 4.56. The molecular formula is C17H24N2OS. The van der Waals surface area contributed by atoms with Gasteiger partial charge in [0.2, 0.25) is 0 Å². The molecule has 0 bridgehead atoms. The number of aliphatic hydroxyl groups is 1. The Hall–Kier alpha value is -1.36. The molecule has 1 aromatic heterocycles. The predicted octanol–water partition coefficient (Wildman–Crippen LogP) is 3.59. The fourth-order valence-corrected chi connectivity index (χ4v) is 2.90. The van der Waals surface area contributed by atoms with E-state index in [1.807, 2.05) is 16.8 Å². The van der Waals surface area contributed by atoms with Crippen LogP contribution in [0.5, 0.6) is 0 Å². The van der Waals surface area contributed by atoms with Crippen LogP contribution in [0.2, 0.25) is 0 Å². The second kappa shape index (κ2) is 7.59. The largest absolute Gasteiger partial charge is 0.387 e. The lowest BCUT2D eigenvalue weighted by Gasteiger charge is -2.20. The zero-order valence-electron chi connectivity index (χ0n) is 12.9. The summed E-state index contributed by atoms with van der Waals surface area (Å²) in [4.78, 5) is 2.21. The molecule has 0 saturated heterocycles. The molecule has 2 atom stereocenters. The van der Waals surface area contributed by atoms with Crippen LogP contribution in [0, 0.1) is 0 Å². The van der Waals surface area contributed by atoms with Crippen LogP contribution in [0.15, 0.2) is 41.1 Å². The summed E-state index contributed by atoms with van der Waals surface area (Å²) in [6.45, 7) is 5.83. The third kappa shape index (κ3) is 4.30. The topological polar surface area (TPSA) is 35.5 Å². The SMILES string of the molecule is CCN(C)c1ccc(C(C)NCC(O)c2ccsc2)cc1. The molecule has 2 rings (SSSR count). The fraction of sp³-hybridized carbons (Fsp3) is 0.412. The molecule has 114 valence electrons. The van der Waals surface area contributed by atoms with E-state index in [4.69, 9.17) is 0 Å². The lowest BCUT2D eigenvalue weighted by atomic mass is 10.1. The van der Waals surface area contributed by atoms with E-state index in [2.05, 4.69) is 55.4 Å². The summed E-state index contributed by atoms with van der Waals surface area (Å²) in [7, 11) is 2.09. The Morgan fingerprint density at radius 3 is 2.48 bits per heavy atom. The standard InChI is InChI=1S/C17H24N2OS/c1-4-19(3)16-7-5-14(6-8-16)13(2)18-11-17(20)15-9-10-21-12-15/h5-10,12-13,17-18,20H,4,11H2,1-3H3. The van der Waals surface area contributed by atoms with Crippen LogP contribution in [0.25, 0.3) is 0 Å². The van der Waals surface area contributed by atoms with E-state index in [1.165, 1.54) is 11.3 Å². The quantitative estimate of drug-likeness (QED) is 0.820. The molecule has 1 aromatic carbocycles. The second-order valence-corrected chi connectivity index (χ2v) is 6.09. The van der Waals surface area contributed by atoms with Crippen molar-refractivity contribution in [1.82, 2.24) is 5.32 Å². The first-order valence-electron chi connectivity index (χ1n) is 7.36. The molecule has 0 aliphatic carbocycles. The van der Waals surface area contributed by atoms with Gasteiger partial charge in [0.25, 0.3) is 0 Å². The van der Waals surface area contributed by atoms with E-state index in [9.17, 15) is 5.11 Å². The minimum Gasteiger partial charge on any atom is -0.387 e. The number of hydrogen-bond acceptors (Lipinski definition) is 4. The number of aliphatic hydroxyl groups excluding tert-OH is 1.